The van der Waals surface area contributed by atoms with Gasteiger partial charge in [-0.15, -0.1) is 0 Å². The number of carbonyl (C=O) groups is 3. The second-order valence-corrected chi connectivity index (χ2v) is 10.8. The largest absolute Gasteiger partial charge is 0.496 e. The maximum atomic E-state index is 13.9. The highest BCUT2D eigenvalue weighted by Gasteiger charge is 2.56. The predicted molar refractivity (Wildman–Crippen MR) is 150 cm³/mol. The Hall–Kier alpha value is -3.49. The van der Waals surface area contributed by atoms with Gasteiger partial charge in [0.2, 0.25) is 11.8 Å². The van der Waals surface area contributed by atoms with E-state index in [1.165, 1.54) is 14.0 Å². The van der Waals surface area contributed by atoms with Gasteiger partial charge in [0.25, 0.3) is 0 Å². The SMILES string of the molecule is COc1ccc(C2C(C(=O)Nc3ccccc3C)C(=O)CC(C)(O)C2C(=O)Nc2ccccc2C)cc1Br. The molecule has 8 heteroatoms. The van der Waals surface area contributed by atoms with Crippen LogP contribution in [0.2, 0.25) is 0 Å². The zero-order valence-electron chi connectivity index (χ0n) is 21.7. The van der Waals surface area contributed by atoms with Crippen LogP contribution in [0.1, 0.15) is 36.0 Å². The second kappa shape index (κ2) is 11.1. The summed E-state index contributed by atoms with van der Waals surface area (Å²) in [5.74, 6) is -4.12. The Morgan fingerprint density at radius 1 is 0.947 bits per heavy atom. The Bertz CT molecular complexity index is 1390. The molecule has 4 unspecified atom stereocenters. The lowest BCUT2D eigenvalue weighted by molar-refractivity contribution is -0.150. The van der Waals surface area contributed by atoms with Crippen molar-refractivity contribution in [2.45, 2.75) is 38.7 Å². The van der Waals surface area contributed by atoms with Crippen LogP contribution < -0.4 is 15.4 Å². The Labute approximate surface area is 230 Å². The molecule has 2 amide bonds. The van der Waals surface area contributed by atoms with Gasteiger partial charge in [-0.05, 0) is 77.7 Å². The molecular formula is C30H31BrN2O5. The Kier molecular flexibility index (Phi) is 8.04. The summed E-state index contributed by atoms with van der Waals surface area (Å²) in [5, 5.41) is 17.3. The normalized spacial score (nSPS) is 23.0. The third-order valence-corrected chi connectivity index (χ3v) is 7.82. The van der Waals surface area contributed by atoms with Crippen LogP contribution in [0.15, 0.2) is 71.2 Å². The van der Waals surface area contributed by atoms with Crippen LogP contribution in [0.5, 0.6) is 5.75 Å². The molecule has 3 aromatic rings. The fourth-order valence-corrected chi connectivity index (χ4v) is 5.79. The summed E-state index contributed by atoms with van der Waals surface area (Å²) >= 11 is 3.48. The predicted octanol–water partition coefficient (Wildman–Crippen LogP) is 5.39. The van der Waals surface area contributed by atoms with Crippen LogP contribution in [-0.2, 0) is 14.4 Å². The van der Waals surface area contributed by atoms with E-state index < -0.39 is 41.0 Å². The zero-order valence-corrected chi connectivity index (χ0v) is 23.3. The van der Waals surface area contributed by atoms with Crippen LogP contribution in [0.4, 0.5) is 11.4 Å². The lowest BCUT2D eigenvalue weighted by Crippen LogP contribution is -2.56. The molecule has 4 atom stereocenters. The lowest BCUT2D eigenvalue weighted by atomic mass is 9.61. The van der Waals surface area contributed by atoms with Crippen molar-refractivity contribution in [1.29, 1.82) is 0 Å². The van der Waals surface area contributed by atoms with Crippen molar-refractivity contribution in [2.75, 3.05) is 17.7 Å². The minimum atomic E-state index is -1.69. The lowest BCUT2D eigenvalue weighted by Gasteiger charge is -2.44. The summed E-state index contributed by atoms with van der Waals surface area (Å²) in [5.41, 5.74) is 1.74. The minimum absolute atomic E-state index is 0.335. The van der Waals surface area contributed by atoms with Gasteiger partial charge in [0.15, 0.2) is 0 Å². The maximum absolute atomic E-state index is 13.9. The number of carbonyl (C=O) groups excluding carboxylic acids is 3. The average molecular weight is 579 g/mol. The summed E-state index contributed by atoms with van der Waals surface area (Å²) in [6.45, 7) is 5.21. The summed E-state index contributed by atoms with van der Waals surface area (Å²) < 4.78 is 5.96. The van der Waals surface area contributed by atoms with Gasteiger partial charge in [-0.3, -0.25) is 14.4 Å². The number of methoxy groups -OCH3 is 1. The Morgan fingerprint density at radius 2 is 1.50 bits per heavy atom. The van der Waals surface area contributed by atoms with Gasteiger partial charge in [0.05, 0.1) is 23.1 Å². The number of rotatable bonds is 6. The van der Waals surface area contributed by atoms with Crippen molar-refractivity contribution in [2.24, 2.45) is 11.8 Å². The summed E-state index contributed by atoms with van der Waals surface area (Å²) in [7, 11) is 1.53. The molecule has 0 saturated heterocycles. The molecule has 0 heterocycles. The molecule has 1 fully saturated rings. The molecule has 7 nitrogen and oxygen atoms in total. The first-order chi connectivity index (χ1) is 18.0. The first-order valence-corrected chi connectivity index (χ1v) is 13.1. The van der Waals surface area contributed by atoms with E-state index in [-0.39, 0.29) is 6.42 Å². The van der Waals surface area contributed by atoms with Crippen LogP contribution in [0, 0.1) is 25.7 Å². The van der Waals surface area contributed by atoms with Gasteiger partial charge >= 0.3 is 0 Å². The number of halogens is 1. The van der Waals surface area contributed by atoms with Crippen molar-refractivity contribution in [3.05, 3.63) is 87.9 Å². The number of ether oxygens (including phenoxy) is 1. The summed E-state index contributed by atoms with van der Waals surface area (Å²) in [6.07, 6.45) is -0.335. The van der Waals surface area contributed by atoms with Gasteiger partial charge < -0.3 is 20.5 Å². The van der Waals surface area contributed by atoms with Gasteiger partial charge in [-0.25, -0.2) is 0 Å². The molecule has 4 rings (SSSR count). The number of hydrogen-bond donors (Lipinski definition) is 3. The molecular weight excluding hydrogens is 548 g/mol. The van der Waals surface area contributed by atoms with Crippen LogP contribution >= 0.6 is 15.9 Å². The number of hydrogen-bond acceptors (Lipinski definition) is 5. The molecule has 198 valence electrons. The molecule has 0 spiro atoms. The average Bonchev–Trinajstić information content (AvgIpc) is 2.85. The van der Waals surface area contributed by atoms with E-state index in [0.29, 0.717) is 27.2 Å². The van der Waals surface area contributed by atoms with Crippen molar-refractivity contribution >= 4 is 44.9 Å². The van der Waals surface area contributed by atoms with E-state index >= 15 is 0 Å². The van der Waals surface area contributed by atoms with E-state index in [1.54, 1.807) is 36.4 Å². The topological polar surface area (TPSA) is 105 Å². The molecule has 3 aromatic carbocycles. The minimum Gasteiger partial charge on any atom is -0.496 e. The van der Waals surface area contributed by atoms with Crippen molar-refractivity contribution < 1.29 is 24.2 Å². The van der Waals surface area contributed by atoms with Crippen molar-refractivity contribution in [3.63, 3.8) is 0 Å². The van der Waals surface area contributed by atoms with Gasteiger partial charge in [0, 0.05) is 23.7 Å². The fourth-order valence-electron chi connectivity index (χ4n) is 5.23. The van der Waals surface area contributed by atoms with Crippen molar-refractivity contribution in [1.82, 2.24) is 0 Å². The van der Waals surface area contributed by atoms with E-state index in [1.807, 2.05) is 44.2 Å². The number of nitrogens with one attached hydrogen (secondary N) is 2. The second-order valence-electron chi connectivity index (χ2n) is 9.98. The van der Waals surface area contributed by atoms with E-state index in [2.05, 4.69) is 26.6 Å². The molecule has 1 aliphatic rings. The molecule has 0 aliphatic heterocycles. The zero-order chi connectivity index (χ0) is 27.6. The monoisotopic (exact) mass is 578 g/mol. The van der Waals surface area contributed by atoms with Gasteiger partial charge in [-0.1, -0.05) is 42.5 Å². The van der Waals surface area contributed by atoms with E-state index in [4.69, 9.17) is 4.74 Å². The first kappa shape index (κ1) is 27.5. The van der Waals surface area contributed by atoms with Crippen molar-refractivity contribution in [3.8, 4) is 5.75 Å². The van der Waals surface area contributed by atoms with Crippen LogP contribution in [0.3, 0.4) is 0 Å². The third-order valence-electron chi connectivity index (χ3n) is 7.20. The third kappa shape index (κ3) is 5.51. The number of para-hydroxylation sites is 2. The smallest absolute Gasteiger partial charge is 0.235 e. The molecule has 38 heavy (non-hydrogen) atoms. The number of anilines is 2. The molecule has 1 aliphatic carbocycles. The Morgan fingerprint density at radius 3 is 2.03 bits per heavy atom. The highest BCUT2D eigenvalue weighted by molar-refractivity contribution is 9.10. The van der Waals surface area contributed by atoms with Crippen LogP contribution in [0.25, 0.3) is 0 Å². The molecule has 0 aromatic heterocycles. The molecule has 0 bridgehead atoms. The van der Waals surface area contributed by atoms with Gasteiger partial charge in [-0.2, -0.15) is 0 Å². The highest BCUT2D eigenvalue weighted by Crippen LogP contribution is 2.47. The number of aryl methyl sites for hydroxylation is 2. The quantitative estimate of drug-likeness (QED) is 0.340. The first-order valence-electron chi connectivity index (χ1n) is 12.3. The molecule has 1 saturated carbocycles. The number of ketones is 1. The number of benzene rings is 3. The Balaban J connectivity index is 1.82. The van der Waals surface area contributed by atoms with Gasteiger partial charge in [0.1, 0.15) is 17.5 Å². The fraction of sp³-hybridized carbons (Fsp3) is 0.300. The maximum Gasteiger partial charge on any atom is 0.235 e. The summed E-state index contributed by atoms with van der Waals surface area (Å²) in [4.78, 5) is 41.1. The number of amides is 2. The number of aliphatic hydroxyl groups is 1. The van der Waals surface area contributed by atoms with E-state index in [0.717, 1.165) is 11.1 Å². The molecule has 3 N–H and O–H groups in total. The standard InChI is InChI=1S/C30H31BrN2O5/c1-17-9-5-7-11-21(17)32-28(35)26-23(34)16-30(3,37)27(29(36)33-22-12-8-6-10-18(22)2)25(26)19-13-14-24(38-4)20(31)15-19/h5-15,25-27,37H,16H2,1-4H3,(H,32,35)(H,33,36). The molecule has 0 radical (unpaired) electrons. The summed E-state index contributed by atoms with van der Waals surface area (Å²) in [6, 6.07) is 19.8. The number of Topliss-reactive ketones (excluding diaryl/α,β-unsaturated/α-hetero) is 1. The van der Waals surface area contributed by atoms with Crippen LogP contribution in [-0.4, -0.2) is 35.4 Å². The highest BCUT2D eigenvalue weighted by atomic mass is 79.9. The van der Waals surface area contributed by atoms with E-state index in [9.17, 15) is 19.5 Å².